The van der Waals surface area contributed by atoms with Gasteiger partial charge in [-0.15, -0.1) is 0 Å². The lowest BCUT2D eigenvalue weighted by atomic mass is 9.69. The quantitative estimate of drug-likeness (QED) is 0.404. The number of nitrogens with zero attached hydrogens (tertiary/aromatic N) is 2. The third-order valence-corrected chi connectivity index (χ3v) is 7.19. The van der Waals surface area contributed by atoms with E-state index in [0.29, 0.717) is 42.0 Å². The molecule has 1 aliphatic heterocycles. The number of nitrogens with two attached hydrogens (primary N) is 1. The molecular formula is C32H30N4O4. The van der Waals surface area contributed by atoms with E-state index in [9.17, 15) is 20.0 Å². The summed E-state index contributed by atoms with van der Waals surface area (Å²) in [5.41, 5.74) is 12.2. The number of phenols is 1. The Kier molecular flexibility index (Phi) is 7.05. The van der Waals surface area contributed by atoms with E-state index in [1.807, 2.05) is 68.4 Å². The number of ketones is 1. The molecule has 8 heteroatoms. The van der Waals surface area contributed by atoms with Gasteiger partial charge in [0.15, 0.2) is 5.78 Å². The SMILES string of the molecule is CC1(C)CC(=O)C2=C(C1)N(NC(=O)c1ccc(O)cc1)C(N)=C(C#N)C2c1ccc(OCc2ccccc2)cc1. The second kappa shape index (κ2) is 10.6. The van der Waals surface area contributed by atoms with Crippen molar-refractivity contribution in [2.75, 3.05) is 0 Å². The van der Waals surface area contributed by atoms with Crippen LogP contribution in [0, 0.1) is 16.7 Å². The molecule has 8 nitrogen and oxygen atoms in total. The van der Waals surface area contributed by atoms with Crippen LogP contribution in [-0.4, -0.2) is 21.8 Å². The molecule has 1 heterocycles. The van der Waals surface area contributed by atoms with Gasteiger partial charge in [0.2, 0.25) is 0 Å². The van der Waals surface area contributed by atoms with Crippen molar-refractivity contribution in [2.24, 2.45) is 11.1 Å². The summed E-state index contributed by atoms with van der Waals surface area (Å²) in [6, 6.07) is 25.1. The Morgan fingerprint density at radius 1 is 1.07 bits per heavy atom. The molecule has 0 spiro atoms. The summed E-state index contributed by atoms with van der Waals surface area (Å²) in [7, 11) is 0. The third-order valence-electron chi connectivity index (χ3n) is 7.19. The fraction of sp³-hybridized carbons (Fsp3) is 0.219. The van der Waals surface area contributed by atoms with Gasteiger partial charge in [0.05, 0.1) is 23.3 Å². The molecule has 0 saturated carbocycles. The lowest BCUT2D eigenvalue weighted by Gasteiger charge is -2.43. The first-order chi connectivity index (χ1) is 19.2. The molecular weight excluding hydrogens is 504 g/mol. The van der Waals surface area contributed by atoms with E-state index < -0.39 is 11.8 Å². The molecule has 1 atom stereocenters. The number of carbonyl (C=O) groups is 2. The summed E-state index contributed by atoms with van der Waals surface area (Å²) < 4.78 is 5.92. The van der Waals surface area contributed by atoms with Gasteiger partial charge in [0.25, 0.3) is 5.91 Å². The van der Waals surface area contributed by atoms with Gasteiger partial charge in [-0.3, -0.25) is 15.0 Å². The Hall–Kier alpha value is -5.03. The molecule has 202 valence electrons. The van der Waals surface area contributed by atoms with Crippen LogP contribution in [0.25, 0.3) is 0 Å². The van der Waals surface area contributed by atoms with E-state index in [0.717, 1.165) is 11.1 Å². The van der Waals surface area contributed by atoms with Crippen molar-refractivity contribution in [3.63, 3.8) is 0 Å². The monoisotopic (exact) mass is 534 g/mol. The first-order valence-electron chi connectivity index (χ1n) is 13.0. The van der Waals surface area contributed by atoms with Crippen molar-refractivity contribution in [3.05, 3.63) is 118 Å². The van der Waals surface area contributed by atoms with E-state index in [1.54, 1.807) is 0 Å². The fourth-order valence-corrected chi connectivity index (χ4v) is 5.25. The number of hydrazine groups is 1. The van der Waals surface area contributed by atoms with Crippen molar-refractivity contribution in [1.29, 1.82) is 5.26 Å². The minimum atomic E-state index is -0.673. The zero-order valence-electron chi connectivity index (χ0n) is 22.3. The van der Waals surface area contributed by atoms with E-state index in [1.165, 1.54) is 29.3 Å². The number of ether oxygens (including phenoxy) is 1. The number of phenolic OH excluding ortho intramolecular Hbond substituents is 1. The van der Waals surface area contributed by atoms with Gasteiger partial charge in [-0.05, 0) is 59.4 Å². The van der Waals surface area contributed by atoms with Crippen molar-refractivity contribution in [1.82, 2.24) is 10.4 Å². The molecule has 1 amide bonds. The second-order valence-corrected chi connectivity index (χ2v) is 10.8. The standard InChI is InChI=1S/C32H30N4O4/c1-32(2)16-26-29(27(38)17-32)28(21-10-14-24(15-11-21)40-19-20-6-4-3-5-7-20)25(18-33)30(34)36(26)35-31(39)22-8-12-23(37)13-9-22/h3-15,28,37H,16-17,19,34H2,1-2H3,(H,35,39). The highest BCUT2D eigenvalue weighted by molar-refractivity contribution is 6.01. The van der Waals surface area contributed by atoms with Crippen molar-refractivity contribution in [2.45, 2.75) is 39.2 Å². The summed E-state index contributed by atoms with van der Waals surface area (Å²) in [6.45, 7) is 4.39. The zero-order chi connectivity index (χ0) is 28.4. The predicted octanol–water partition coefficient (Wildman–Crippen LogP) is 5.05. The van der Waals surface area contributed by atoms with E-state index in [-0.39, 0.29) is 28.3 Å². The molecule has 1 unspecified atom stereocenters. The van der Waals surface area contributed by atoms with Gasteiger partial charge in [0, 0.05) is 17.6 Å². The lowest BCUT2D eigenvalue weighted by Crippen LogP contribution is -2.49. The second-order valence-electron chi connectivity index (χ2n) is 10.8. The Morgan fingerprint density at radius 3 is 2.40 bits per heavy atom. The van der Waals surface area contributed by atoms with Crippen LogP contribution in [0.5, 0.6) is 11.5 Å². The Morgan fingerprint density at radius 2 is 1.75 bits per heavy atom. The van der Waals surface area contributed by atoms with Crippen LogP contribution in [0.1, 0.15) is 54.1 Å². The lowest BCUT2D eigenvalue weighted by molar-refractivity contribution is -0.118. The third kappa shape index (κ3) is 5.27. The molecule has 1 aliphatic carbocycles. The number of rotatable bonds is 6. The maximum Gasteiger partial charge on any atom is 0.270 e. The van der Waals surface area contributed by atoms with Crippen LogP contribution in [0.15, 0.2) is 102 Å². The number of amides is 1. The minimum absolute atomic E-state index is 0.0321. The number of hydrogen-bond acceptors (Lipinski definition) is 7. The van der Waals surface area contributed by atoms with E-state index in [2.05, 4.69) is 11.5 Å². The molecule has 40 heavy (non-hydrogen) atoms. The normalized spacial score (nSPS) is 18.2. The van der Waals surface area contributed by atoms with Crippen LogP contribution in [0.4, 0.5) is 0 Å². The van der Waals surface area contributed by atoms with Crippen LogP contribution in [0.2, 0.25) is 0 Å². The molecule has 0 saturated heterocycles. The Labute approximate surface area is 233 Å². The molecule has 3 aromatic carbocycles. The summed E-state index contributed by atoms with van der Waals surface area (Å²) in [5.74, 6) is -0.496. The van der Waals surface area contributed by atoms with Crippen molar-refractivity contribution >= 4 is 11.7 Å². The number of Topliss-reactive ketones (excluding diaryl/α,β-unsaturated/α-hetero) is 1. The van der Waals surface area contributed by atoms with Gasteiger partial charge >= 0.3 is 0 Å². The first kappa shape index (κ1) is 26.6. The molecule has 0 aromatic heterocycles. The number of nitrogens with one attached hydrogen (secondary N) is 1. The molecule has 0 fully saturated rings. The highest BCUT2D eigenvalue weighted by atomic mass is 16.5. The maximum absolute atomic E-state index is 13.6. The Bertz CT molecular complexity index is 1550. The van der Waals surface area contributed by atoms with Crippen LogP contribution >= 0.6 is 0 Å². The maximum atomic E-state index is 13.6. The van der Waals surface area contributed by atoms with E-state index in [4.69, 9.17) is 10.5 Å². The van der Waals surface area contributed by atoms with Crippen LogP contribution in [-0.2, 0) is 11.4 Å². The van der Waals surface area contributed by atoms with Crippen LogP contribution in [0.3, 0.4) is 0 Å². The van der Waals surface area contributed by atoms with Gasteiger partial charge in [-0.1, -0.05) is 56.3 Å². The predicted molar refractivity (Wildman–Crippen MR) is 149 cm³/mol. The number of benzene rings is 3. The van der Waals surface area contributed by atoms with Crippen molar-refractivity contribution in [3.8, 4) is 17.6 Å². The summed E-state index contributed by atoms with van der Waals surface area (Å²) in [6.07, 6.45) is 0.775. The highest BCUT2D eigenvalue weighted by Crippen LogP contribution is 2.48. The molecule has 5 rings (SSSR count). The number of allylic oxidation sites excluding steroid dienone is 3. The average molecular weight is 535 g/mol. The molecule has 0 radical (unpaired) electrons. The summed E-state index contributed by atoms with van der Waals surface area (Å²) in [4.78, 5) is 26.8. The van der Waals surface area contributed by atoms with Gasteiger partial charge in [0.1, 0.15) is 23.9 Å². The molecule has 4 N–H and O–H groups in total. The molecule has 3 aromatic rings. The number of nitriles is 1. The van der Waals surface area contributed by atoms with E-state index >= 15 is 0 Å². The number of hydrogen-bond donors (Lipinski definition) is 3. The number of carbonyl (C=O) groups excluding carboxylic acids is 2. The Balaban J connectivity index is 1.50. The van der Waals surface area contributed by atoms with Crippen molar-refractivity contribution < 1.29 is 19.4 Å². The first-order valence-corrected chi connectivity index (χ1v) is 13.0. The highest BCUT2D eigenvalue weighted by Gasteiger charge is 2.44. The minimum Gasteiger partial charge on any atom is -0.508 e. The smallest absolute Gasteiger partial charge is 0.270 e. The average Bonchev–Trinajstić information content (AvgIpc) is 2.94. The summed E-state index contributed by atoms with van der Waals surface area (Å²) >= 11 is 0. The zero-order valence-corrected chi connectivity index (χ0v) is 22.3. The fourth-order valence-electron chi connectivity index (χ4n) is 5.25. The topological polar surface area (TPSA) is 129 Å². The van der Waals surface area contributed by atoms with Crippen LogP contribution < -0.4 is 15.9 Å². The largest absolute Gasteiger partial charge is 0.508 e. The molecule has 0 bridgehead atoms. The van der Waals surface area contributed by atoms with Gasteiger partial charge < -0.3 is 15.6 Å². The van der Waals surface area contributed by atoms with Gasteiger partial charge in [-0.2, -0.15) is 5.26 Å². The number of aromatic hydroxyl groups is 1. The molecule has 2 aliphatic rings. The van der Waals surface area contributed by atoms with Gasteiger partial charge in [-0.25, -0.2) is 5.01 Å². The summed E-state index contributed by atoms with van der Waals surface area (Å²) in [5, 5.41) is 21.2.